The van der Waals surface area contributed by atoms with Crippen molar-refractivity contribution in [3.05, 3.63) is 102 Å². The number of amides is 4. The van der Waals surface area contributed by atoms with Crippen molar-refractivity contribution in [3.8, 4) is 16.8 Å². The Balaban J connectivity index is 0.645. The molecule has 3 aliphatic rings. The molecule has 0 bridgehead atoms. The van der Waals surface area contributed by atoms with E-state index in [2.05, 4.69) is 31.9 Å². The lowest BCUT2D eigenvalue weighted by molar-refractivity contribution is -0.133. The van der Waals surface area contributed by atoms with Crippen molar-refractivity contribution < 1.29 is 64.8 Å². The van der Waals surface area contributed by atoms with E-state index in [-0.39, 0.29) is 47.5 Å². The number of halogens is 2. The van der Waals surface area contributed by atoms with Gasteiger partial charge in [-0.05, 0) is 68.5 Å². The lowest BCUT2D eigenvalue weighted by atomic mass is 10.0. The Hall–Kier alpha value is -7.00. The maximum Gasteiger partial charge on any atom is 0.264 e. The van der Waals surface area contributed by atoms with Crippen molar-refractivity contribution in [2.24, 2.45) is 0 Å². The van der Waals surface area contributed by atoms with Gasteiger partial charge in [0.05, 0.1) is 119 Å². The van der Waals surface area contributed by atoms with Gasteiger partial charge in [-0.2, -0.15) is 0 Å². The summed E-state index contributed by atoms with van der Waals surface area (Å²) in [7, 11) is -1.94. The van der Waals surface area contributed by atoms with Gasteiger partial charge in [-0.25, -0.2) is 32.2 Å². The molecule has 0 radical (unpaired) electrons. The van der Waals surface area contributed by atoms with Gasteiger partial charge in [0.2, 0.25) is 21.8 Å². The van der Waals surface area contributed by atoms with Crippen LogP contribution in [0.3, 0.4) is 0 Å². The maximum absolute atomic E-state index is 16.1. The van der Waals surface area contributed by atoms with Crippen LogP contribution in [0.4, 0.5) is 26.0 Å². The second kappa shape index (κ2) is 28.4. The van der Waals surface area contributed by atoms with Crippen LogP contribution < -0.4 is 20.3 Å². The van der Waals surface area contributed by atoms with E-state index in [0.717, 1.165) is 17.0 Å². The molecule has 8 rings (SSSR count). The smallest absolute Gasteiger partial charge is 0.264 e. The summed E-state index contributed by atoms with van der Waals surface area (Å²) in [4.78, 5) is 70.2. The highest BCUT2D eigenvalue weighted by Gasteiger charge is 2.45. The Morgan fingerprint density at radius 3 is 2.08 bits per heavy atom. The van der Waals surface area contributed by atoms with Gasteiger partial charge in [0.1, 0.15) is 29.7 Å². The van der Waals surface area contributed by atoms with Gasteiger partial charge in [-0.15, -0.1) is 0 Å². The van der Waals surface area contributed by atoms with Crippen LogP contribution in [0.5, 0.6) is 0 Å². The zero-order chi connectivity index (χ0) is 56.6. The number of carbonyl (C=O) groups excluding carboxylic acids is 4. The first-order valence-electron chi connectivity index (χ1n) is 26.7. The van der Waals surface area contributed by atoms with E-state index in [4.69, 9.17) is 33.4 Å². The van der Waals surface area contributed by atoms with Crippen molar-refractivity contribution in [2.45, 2.75) is 57.5 Å². The van der Waals surface area contributed by atoms with Gasteiger partial charge in [-0.3, -0.25) is 28.8 Å². The minimum absolute atomic E-state index is 0.00390. The van der Waals surface area contributed by atoms with E-state index < -0.39 is 51.1 Å². The van der Waals surface area contributed by atoms with Crippen molar-refractivity contribution in [3.63, 3.8) is 0 Å². The van der Waals surface area contributed by atoms with Crippen molar-refractivity contribution >= 4 is 61.9 Å². The molecule has 1 atom stereocenters. The van der Waals surface area contributed by atoms with Crippen LogP contribution in [0.1, 0.15) is 66.2 Å². The molecule has 2 saturated heterocycles. The highest BCUT2D eigenvalue weighted by Crippen LogP contribution is 2.37. The van der Waals surface area contributed by atoms with Crippen molar-refractivity contribution in [1.82, 2.24) is 34.6 Å². The molecule has 0 spiro atoms. The summed E-state index contributed by atoms with van der Waals surface area (Å²) in [6, 6.07) is 9.75. The number of hydrogen-bond donors (Lipinski definition) is 3. The fourth-order valence-corrected chi connectivity index (χ4v) is 10.8. The van der Waals surface area contributed by atoms with Gasteiger partial charge < -0.3 is 53.4 Å². The first-order chi connectivity index (χ1) is 38.8. The zero-order valence-corrected chi connectivity index (χ0v) is 45.8. The molecule has 3 aromatic heterocycles. The van der Waals surface area contributed by atoms with Gasteiger partial charge in [0.25, 0.3) is 11.8 Å². The van der Waals surface area contributed by atoms with Crippen LogP contribution in [0, 0.1) is 11.6 Å². The van der Waals surface area contributed by atoms with E-state index in [1.807, 2.05) is 16.8 Å². The Morgan fingerprint density at radius 2 is 1.44 bits per heavy atom. The maximum atomic E-state index is 16.1. The summed E-state index contributed by atoms with van der Waals surface area (Å²) in [5.41, 5.74) is 2.64. The molecule has 0 saturated carbocycles. The van der Waals surface area contributed by atoms with E-state index in [9.17, 15) is 27.6 Å². The van der Waals surface area contributed by atoms with Crippen LogP contribution in [-0.4, -0.2) is 185 Å². The van der Waals surface area contributed by atoms with Crippen molar-refractivity contribution in [1.29, 1.82) is 0 Å². The lowest BCUT2D eigenvalue weighted by Gasteiger charge is -2.37. The number of fused-ring (bicyclic) bond motifs is 2. The fourth-order valence-electron chi connectivity index (χ4n) is 9.66. The van der Waals surface area contributed by atoms with E-state index in [0.29, 0.717) is 164 Å². The average Bonchev–Trinajstić information content (AvgIpc) is 3.95. The highest BCUT2D eigenvalue weighted by atomic mass is 32.2. The summed E-state index contributed by atoms with van der Waals surface area (Å²) >= 11 is 0. The number of aromatic nitrogens is 4. The number of allylic oxidation sites excluding steroid dienone is 1. The average molecular weight is 1130 g/mol. The second-order valence-electron chi connectivity index (χ2n) is 19.2. The number of sulfonamides is 1. The second-order valence-corrected chi connectivity index (χ2v) is 21.0. The number of carbonyl (C=O) groups is 4. The summed E-state index contributed by atoms with van der Waals surface area (Å²) in [5.74, 6) is -2.97. The molecule has 80 heavy (non-hydrogen) atoms. The molecule has 22 nitrogen and oxygen atoms in total. The lowest BCUT2D eigenvalue weighted by Crippen LogP contribution is -2.51. The Kier molecular flexibility index (Phi) is 21.0. The number of ether oxygens (including phenoxy) is 6. The van der Waals surface area contributed by atoms with Crippen LogP contribution in [-0.2, 0) is 48.0 Å². The molecule has 4 amide bonds. The molecule has 2 fully saturated rings. The number of piperidine rings is 2. The fraction of sp³-hybridized carbons (Fsp3) is 0.473. The molecule has 5 aromatic rings. The first-order valence-corrected chi connectivity index (χ1v) is 28.4. The van der Waals surface area contributed by atoms with Gasteiger partial charge in [0, 0.05) is 73.8 Å². The van der Waals surface area contributed by atoms with E-state index in [1.165, 1.54) is 10.9 Å². The first kappa shape index (κ1) is 59.1. The molecule has 0 aliphatic carbocycles. The van der Waals surface area contributed by atoms with Gasteiger partial charge >= 0.3 is 0 Å². The normalized spacial score (nSPS) is 15.9. The Morgan fingerprint density at radius 1 is 0.800 bits per heavy atom. The molecule has 25 heteroatoms. The quantitative estimate of drug-likeness (QED) is 0.0375. The Labute approximate surface area is 463 Å². The summed E-state index contributed by atoms with van der Waals surface area (Å²) < 4.78 is 93.8. The molecule has 1 unspecified atom stereocenters. The van der Waals surface area contributed by atoms with Crippen LogP contribution in [0.15, 0.2) is 79.7 Å². The third-order valence-electron chi connectivity index (χ3n) is 13.7. The van der Waals surface area contributed by atoms with E-state index in [1.54, 1.807) is 55.8 Å². The predicted octanol–water partition coefficient (Wildman–Crippen LogP) is 5.33. The minimum Gasteiger partial charge on any atom is -0.382 e. The molecular weight excluding hydrogens is 1060 g/mol. The number of nitrogens with one attached hydrogen (secondary N) is 3. The molecular formula is C55H68F2N10O12S. The van der Waals surface area contributed by atoms with Crippen LogP contribution >= 0.6 is 0 Å². The van der Waals surface area contributed by atoms with Crippen LogP contribution in [0.25, 0.3) is 27.8 Å². The highest BCUT2D eigenvalue weighted by molar-refractivity contribution is 7.92. The van der Waals surface area contributed by atoms with Crippen molar-refractivity contribution in [2.75, 3.05) is 127 Å². The number of benzene rings is 2. The number of likely N-dealkylation sites (tertiary alicyclic amines) is 1. The monoisotopic (exact) mass is 1130 g/mol. The van der Waals surface area contributed by atoms with Gasteiger partial charge in [0.15, 0.2) is 5.82 Å². The number of imide groups is 1. The van der Waals surface area contributed by atoms with Crippen LogP contribution in [0.2, 0.25) is 0 Å². The SMILES string of the molecule is C=C1CCC(N2C(=O)c3cccc(NCCOCCOCCOCCOCCOCCOCCC(=O)N4CCC(N(C)c5ccc6c(n5)c(-c5cncnc5)cn6-c5c(F)ccc(NS(=O)(=O)CCC)c5F)CC4)c3C2=O)C(=O)N1. The van der Waals surface area contributed by atoms with E-state index >= 15 is 8.78 Å². The molecule has 430 valence electrons. The largest absolute Gasteiger partial charge is 0.382 e. The standard InChI is InChI=1S/C55H68F2N10O12S/c1-4-32-80(72,73)63-44-10-9-42(56)52(50(44)57)66-35-41(38-33-58-36-59-34-38)51-45(66)12-13-47(62-51)64(3)39-14-18-65(19-15-39)48(68)16-20-74-22-24-76-26-28-78-30-31-79-29-27-77-25-23-75-21-17-60-43-7-5-6-40-49(43)55(71)67(54(40)70)46-11-8-37(2)61-53(46)69/h5-7,9-10,12-13,33-36,39,46,60,63H,2,4,8,11,14-32H2,1,3H3,(H,61,69). The Bertz CT molecular complexity index is 3090. The summed E-state index contributed by atoms with van der Waals surface area (Å²) in [6.45, 7) is 11.3. The number of anilines is 3. The molecule has 6 heterocycles. The topological polar surface area (TPSA) is 247 Å². The predicted molar refractivity (Wildman–Crippen MR) is 293 cm³/mol. The third kappa shape index (κ3) is 14.9. The third-order valence-corrected chi connectivity index (χ3v) is 15.2. The zero-order valence-electron chi connectivity index (χ0n) is 45.0. The van der Waals surface area contributed by atoms with Gasteiger partial charge in [-0.1, -0.05) is 19.6 Å². The minimum atomic E-state index is -3.87. The molecule has 3 aliphatic heterocycles. The number of hydrogen-bond acceptors (Lipinski definition) is 17. The number of pyridine rings is 1. The summed E-state index contributed by atoms with van der Waals surface area (Å²) in [6.07, 6.45) is 8.82. The molecule has 3 N–H and O–H groups in total. The summed E-state index contributed by atoms with van der Waals surface area (Å²) in [5, 5.41) is 5.81. The number of rotatable bonds is 31. The number of nitrogens with zero attached hydrogens (tertiary/aromatic N) is 7. The molecule has 2 aromatic carbocycles.